The van der Waals surface area contributed by atoms with E-state index in [1.807, 2.05) is 97.1 Å². The van der Waals surface area contributed by atoms with Gasteiger partial charge in [-0.15, -0.1) is 0 Å². The summed E-state index contributed by atoms with van der Waals surface area (Å²) in [6.45, 7) is 0.851. The number of methoxy groups -OCH3 is 1. The third-order valence-electron chi connectivity index (χ3n) is 5.63. The van der Waals surface area contributed by atoms with Crippen molar-refractivity contribution in [3.8, 4) is 28.5 Å². The second-order valence-corrected chi connectivity index (χ2v) is 7.92. The molecule has 0 fully saturated rings. The normalized spacial score (nSPS) is 10.7. The molecule has 168 valence electrons. The number of pyridine rings is 1. The van der Waals surface area contributed by atoms with Crippen LogP contribution < -0.4 is 14.2 Å². The van der Waals surface area contributed by atoms with Crippen LogP contribution in [0.1, 0.15) is 11.1 Å². The lowest BCUT2D eigenvalue weighted by Crippen LogP contribution is -2.04. The van der Waals surface area contributed by atoms with E-state index in [4.69, 9.17) is 19.2 Å². The average Bonchev–Trinajstić information content (AvgIpc) is 2.91. The van der Waals surface area contributed by atoms with E-state index < -0.39 is 0 Å². The topological polar surface area (TPSA) is 40.6 Å². The van der Waals surface area contributed by atoms with Crippen molar-refractivity contribution in [2.24, 2.45) is 0 Å². The second kappa shape index (κ2) is 10.1. The summed E-state index contributed by atoms with van der Waals surface area (Å²) < 4.78 is 18.2. The van der Waals surface area contributed by atoms with Crippen molar-refractivity contribution < 1.29 is 14.2 Å². The lowest BCUT2D eigenvalue weighted by Gasteiger charge is -2.19. The highest BCUT2D eigenvalue weighted by atomic mass is 16.5. The smallest absolute Gasteiger partial charge is 0.226 e. The van der Waals surface area contributed by atoms with Crippen LogP contribution in [0.25, 0.3) is 22.0 Å². The number of nitrogens with zero attached hydrogens (tertiary/aromatic N) is 1. The highest BCUT2D eigenvalue weighted by molar-refractivity contribution is 5.94. The first-order valence-corrected chi connectivity index (χ1v) is 11.2. The fourth-order valence-corrected chi connectivity index (χ4v) is 3.88. The molecule has 34 heavy (non-hydrogen) atoms. The highest BCUT2D eigenvalue weighted by Crippen LogP contribution is 2.43. The van der Waals surface area contributed by atoms with Crippen LogP contribution in [0, 0.1) is 0 Å². The molecule has 0 aliphatic carbocycles. The Morgan fingerprint density at radius 2 is 1.21 bits per heavy atom. The van der Waals surface area contributed by atoms with Crippen molar-refractivity contribution in [1.29, 1.82) is 0 Å². The summed E-state index contributed by atoms with van der Waals surface area (Å²) in [5.74, 6) is 2.08. The molecule has 5 aromatic rings. The van der Waals surface area contributed by atoms with Crippen LogP contribution in [0.4, 0.5) is 0 Å². The Morgan fingerprint density at radius 1 is 0.618 bits per heavy atom. The molecule has 0 radical (unpaired) electrons. The van der Waals surface area contributed by atoms with Gasteiger partial charge in [0.2, 0.25) is 5.88 Å². The van der Waals surface area contributed by atoms with E-state index in [1.165, 1.54) is 0 Å². The summed E-state index contributed by atoms with van der Waals surface area (Å²) in [5.41, 5.74) is 4.77. The summed E-state index contributed by atoms with van der Waals surface area (Å²) in [6.07, 6.45) is 0. The molecule has 0 spiro atoms. The number of hydrogen-bond donors (Lipinski definition) is 0. The first-order valence-electron chi connectivity index (χ1n) is 11.2. The van der Waals surface area contributed by atoms with Gasteiger partial charge in [-0.3, -0.25) is 0 Å². The van der Waals surface area contributed by atoms with E-state index in [1.54, 1.807) is 7.11 Å². The standard InChI is InChI=1S/C30H25NO3/c1-32-25-18-16-24(17-19-25)28-29(33-20-22-10-4-2-5-11-22)26-14-8-9-15-27(26)31-30(28)34-21-23-12-6-3-7-13-23/h2-19H,20-21H2,1H3. The lowest BCUT2D eigenvalue weighted by atomic mass is 10.0. The highest BCUT2D eigenvalue weighted by Gasteiger charge is 2.20. The summed E-state index contributed by atoms with van der Waals surface area (Å²) >= 11 is 0. The summed E-state index contributed by atoms with van der Waals surface area (Å²) in [6, 6.07) is 36.1. The molecule has 0 saturated carbocycles. The molecule has 0 unspecified atom stereocenters. The molecular weight excluding hydrogens is 422 g/mol. The van der Waals surface area contributed by atoms with Gasteiger partial charge in [0, 0.05) is 5.39 Å². The molecule has 1 aromatic heterocycles. The Balaban J connectivity index is 1.63. The van der Waals surface area contributed by atoms with Gasteiger partial charge in [0.15, 0.2) is 0 Å². The fraction of sp³-hybridized carbons (Fsp3) is 0.100. The Morgan fingerprint density at radius 3 is 1.85 bits per heavy atom. The molecule has 0 bridgehead atoms. The molecule has 5 rings (SSSR count). The van der Waals surface area contributed by atoms with Crippen molar-refractivity contribution in [2.45, 2.75) is 13.2 Å². The number of ether oxygens (including phenoxy) is 3. The van der Waals surface area contributed by atoms with E-state index in [0.717, 1.165) is 44.7 Å². The van der Waals surface area contributed by atoms with Gasteiger partial charge in [0.05, 0.1) is 18.2 Å². The summed E-state index contributed by atoms with van der Waals surface area (Å²) in [5, 5.41) is 0.941. The zero-order chi connectivity index (χ0) is 23.2. The third-order valence-corrected chi connectivity index (χ3v) is 5.63. The van der Waals surface area contributed by atoms with E-state index in [2.05, 4.69) is 12.1 Å². The first-order chi connectivity index (χ1) is 16.8. The zero-order valence-electron chi connectivity index (χ0n) is 19.0. The number of hydrogen-bond acceptors (Lipinski definition) is 4. The van der Waals surface area contributed by atoms with Gasteiger partial charge in [-0.2, -0.15) is 0 Å². The Kier molecular flexibility index (Phi) is 6.39. The van der Waals surface area contributed by atoms with E-state index >= 15 is 0 Å². The predicted molar refractivity (Wildman–Crippen MR) is 135 cm³/mol. The van der Waals surface area contributed by atoms with Crippen molar-refractivity contribution in [1.82, 2.24) is 4.98 Å². The monoisotopic (exact) mass is 447 g/mol. The number of rotatable bonds is 8. The lowest BCUT2D eigenvalue weighted by molar-refractivity contribution is 0.287. The summed E-state index contributed by atoms with van der Waals surface area (Å²) in [4.78, 5) is 4.89. The van der Waals surface area contributed by atoms with Crippen molar-refractivity contribution in [3.05, 3.63) is 120 Å². The molecular formula is C30H25NO3. The van der Waals surface area contributed by atoms with Crippen LogP contribution in [0.5, 0.6) is 17.4 Å². The molecule has 0 N–H and O–H groups in total. The largest absolute Gasteiger partial charge is 0.497 e. The van der Waals surface area contributed by atoms with Crippen LogP contribution in [-0.4, -0.2) is 12.1 Å². The van der Waals surface area contributed by atoms with Crippen molar-refractivity contribution in [3.63, 3.8) is 0 Å². The molecule has 4 aromatic carbocycles. The quantitative estimate of drug-likeness (QED) is 0.255. The zero-order valence-corrected chi connectivity index (χ0v) is 19.0. The molecule has 0 saturated heterocycles. The van der Waals surface area contributed by atoms with E-state index in [-0.39, 0.29) is 0 Å². The van der Waals surface area contributed by atoms with Gasteiger partial charge in [0.1, 0.15) is 24.7 Å². The number of fused-ring (bicyclic) bond motifs is 1. The van der Waals surface area contributed by atoms with Gasteiger partial charge in [-0.1, -0.05) is 84.9 Å². The van der Waals surface area contributed by atoms with Gasteiger partial charge in [0.25, 0.3) is 0 Å². The molecule has 4 nitrogen and oxygen atoms in total. The molecule has 0 atom stereocenters. The van der Waals surface area contributed by atoms with Crippen LogP contribution in [0.15, 0.2) is 109 Å². The molecule has 0 amide bonds. The van der Waals surface area contributed by atoms with E-state index in [9.17, 15) is 0 Å². The van der Waals surface area contributed by atoms with E-state index in [0.29, 0.717) is 19.1 Å². The SMILES string of the molecule is COc1ccc(-c2c(OCc3ccccc3)nc3ccccc3c2OCc2ccccc2)cc1. The maximum Gasteiger partial charge on any atom is 0.226 e. The van der Waals surface area contributed by atoms with Crippen LogP contribution in [0.3, 0.4) is 0 Å². The molecule has 0 aliphatic heterocycles. The van der Waals surface area contributed by atoms with Gasteiger partial charge in [-0.25, -0.2) is 4.98 Å². The predicted octanol–water partition coefficient (Wildman–Crippen LogP) is 7.07. The Bertz CT molecular complexity index is 1370. The minimum absolute atomic E-state index is 0.410. The maximum atomic E-state index is 6.49. The van der Waals surface area contributed by atoms with Crippen LogP contribution in [0.2, 0.25) is 0 Å². The Labute approximate surface area is 199 Å². The number of aromatic nitrogens is 1. The minimum atomic E-state index is 0.410. The third kappa shape index (κ3) is 4.71. The van der Waals surface area contributed by atoms with Gasteiger partial charge < -0.3 is 14.2 Å². The number of benzene rings is 4. The maximum absolute atomic E-state index is 6.49. The van der Waals surface area contributed by atoms with Crippen molar-refractivity contribution >= 4 is 10.9 Å². The first kappa shape index (κ1) is 21.5. The molecule has 4 heteroatoms. The average molecular weight is 448 g/mol. The van der Waals surface area contributed by atoms with Crippen LogP contribution in [-0.2, 0) is 13.2 Å². The van der Waals surface area contributed by atoms with Crippen molar-refractivity contribution in [2.75, 3.05) is 7.11 Å². The van der Waals surface area contributed by atoms with Crippen LogP contribution >= 0.6 is 0 Å². The number of para-hydroxylation sites is 1. The summed E-state index contributed by atoms with van der Waals surface area (Å²) in [7, 11) is 1.66. The molecule has 1 heterocycles. The minimum Gasteiger partial charge on any atom is -0.497 e. The second-order valence-electron chi connectivity index (χ2n) is 7.92. The van der Waals surface area contributed by atoms with Gasteiger partial charge in [-0.05, 0) is 41.0 Å². The Hall–Kier alpha value is -4.31. The molecule has 0 aliphatic rings. The fourth-order valence-electron chi connectivity index (χ4n) is 3.88. The van der Waals surface area contributed by atoms with Gasteiger partial charge >= 0.3 is 0 Å².